The van der Waals surface area contributed by atoms with E-state index in [1.54, 1.807) is 30.6 Å². The van der Waals surface area contributed by atoms with E-state index < -0.39 is 0 Å². The predicted octanol–water partition coefficient (Wildman–Crippen LogP) is 3.34. The van der Waals surface area contributed by atoms with E-state index in [-0.39, 0.29) is 0 Å². The third kappa shape index (κ3) is 2.35. The first-order valence-electron chi connectivity index (χ1n) is 5.94. The number of halogens is 1. The summed E-state index contributed by atoms with van der Waals surface area (Å²) in [6, 6.07) is 7.01. The highest BCUT2D eigenvalue weighted by molar-refractivity contribution is 6.31. The van der Waals surface area contributed by atoms with Crippen LogP contribution < -0.4 is 5.73 Å². The minimum Gasteiger partial charge on any atom is -0.399 e. The Morgan fingerprint density at radius 1 is 1.25 bits per heavy atom. The summed E-state index contributed by atoms with van der Waals surface area (Å²) >= 11 is 5.97. The molecule has 100 valence electrons. The Kier molecular flexibility index (Phi) is 3.12. The average Bonchev–Trinajstić information content (AvgIpc) is 2.87. The van der Waals surface area contributed by atoms with Crippen molar-refractivity contribution in [2.24, 2.45) is 0 Å². The fourth-order valence-corrected chi connectivity index (χ4v) is 2.13. The second-order valence-electron chi connectivity index (χ2n) is 4.39. The number of pyridine rings is 1. The molecular weight excluding hydrogens is 276 g/mol. The molecule has 0 saturated heterocycles. The second kappa shape index (κ2) is 4.94. The number of anilines is 1. The predicted molar refractivity (Wildman–Crippen MR) is 77.1 cm³/mol. The summed E-state index contributed by atoms with van der Waals surface area (Å²) in [5.41, 5.74) is 8.85. The van der Waals surface area contributed by atoms with Crippen LogP contribution in [0.1, 0.15) is 5.56 Å². The van der Waals surface area contributed by atoms with Gasteiger partial charge in [-0.1, -0.05) is 16.8 Å². The molecule has 0 amide bonds. The Balaban J connectivity index is 2.04. The van der Waals surface area contributed by atoms with Crippen molar-refractivity contribution in [2.75, 3.05) is 5.73 Å². The summed E-state index contributed by atoms with van der Waals surface area (Å²) in [7, 11) is 0. The molecule has 0 fully saturated rings. The molecule has 0 aliphatic carbocycles. The first-order valence-corrected chi connectivity index (χ1v) is 6.32. The van der Waals surface area contributed by atoms with Gasteiger partial charge in [0, 0.05) is 34.2 Å². The molecule has 0 atom stereocenters. The highest BCUT2D eigenvalue weighted by Crippen LogP contribution is 2.27. The molecular formula is C14H11ClN4O. The molecule has 0 bridgehead atoms. The van der Waals surface area contributed by atoms with Crippen molar-refractivity contribution >= 4 is 17.3 Å². The van der Waals surface area contributed by atoms with Gasteiger partial charge in [-0.2, -0.15) is 4.98 Å². The zero-order valence-corrected chi connectivity index (χ0v) is 11.4. The topological polar surface area (TPSA) is 77.8 Å². The van der Waals surface area contributed by atoms with Crippen LogP contribution in [0.4, 0.5) is 5.69 Å². The van der Waals surface area contributed by atoms with E-state index in [1.807, 2.05) is 13.0 Å². The van der Waals surface area contributed by atoms with E-state index in [0.29, 0.717) is 28.0 Å². The Morgan fingerprint density at radius 2 is 2.10 bits per heavy atom. The van der Waals surface area contributed by atoms with Crippen LogP contribution in [-0.4, -0.2) is 15.1 Å². The monoisotopic (exact) mass is 286 g/mol. The van der Waals surface area contributed by atoms with Gasteiger partial charge in [-0.3, -0.25) is 4.98 Å². The van der Waals surface area contributed by atoms with E-state index in [4.69, 9.17) is 21.9 Å². The number of nitrogens with two attached hydrogens (primary N) is 1. The van der Waals surface area contributed by atoms with Gasteiger partial charge in [0.05, 0.1) is 0 Å². The molecule has 3 rings (SSSR count). The maximum absolute atomic E-state index is 5.97. The van der Waals surface area contributed by atoms with E-state index in [9.17, 15) is 0 Å². The van der Waals surface area contributed by atoms with Gasteiger partial charge in [0.25, 0.3) is 5.89 Å². The summed E-state index contributed by atoms with van der Waals surface area (Å²) in [6.45, 7) is 1.96. The number of benzene rings is 1. The molecule has 20 heavy (non-hydrogen) atoms. The highest BCUT2D eigenvalue weighted by Gasteiger charge is 2.13. The fraction of sp³-hybridized carbons (Fsp3) is 0.0714. The fourth-order valence-electron chi connectivity index (χ4n) is 1.88. The van der Waals surface area contributed by atoms with E-state index in [2.05, 4.69) is 15.1 Å². The maximum Gasteiger partial charge on any atom is 0.258 e. The number of aromatic nitrogens is 3. The SMILES string of the molecule is Cc1ccncc1-c1noc(-c2cc(N)cc(Cl)c2)n1. The van der Waals surface area contributed by atoms with Crippen molar-refractivity contribution in [3.05, 3.63) is 47.2 Å². The number of nitrogen functional groups attached to an aromatic ring is 1. The van der Waals surface area contributed by atoms with E-state index >= 15 is 0 Å². The van der Waals surface area contributed by atoms with Crippen molar-refractivity contribution < 1.29 is 4.52 Å². The molecule has 0 aliphatic rings. The lowest BCUT2D eigenvalue weighted by Gasteiger charge is -1.99. The first-order chi connectivity index (χ1) is 9.63. The number of rotatable bonds is 2. The van der Waals surface area contributed by atoms with Crippen LogP contribution in [0, 0.1) is 6.92 Å². The average molecular weight is 287 g/mol. The van der Waals surface area contributed by atoms with Gasteiger partial charge in [0.1, 0.15) is 0 Å². The van der Waals surface area contributed by atoms with Crippen molar-refractivity contribution in [1.82, 2.24) is 15.1 Å². The number of aryl methyl sites for hydroxylation is 1. The minimum absolute atomic E-state index is 0.373. The van der Waals surface area contributed by atoms with Crippen molar-refractivity contribution in [3.63, 3.8) is 0 Å². The molecule has 0 radical (unpaired) electrons. The third-order valence-corrected chi connectivity index (χ3v) is 3.09. The van der Waals surface area contributed by atoms with Crippen molar-refractivity contribution in [1.29, 1.82) is 0 Å². The van der Waals surface area contributed by atoms with Crippen LogP contribution in [0.25, 0.3) is 22.8 Å². The Bertz CT molecular complexity index is 749. The van der Waals surface area contributed by atoms with Crippen molar-refractivity contribution in [3.8, 4) is 22.8 Å². The molecule has 0 spiro atoms. The summed E-state index contributed by atoms with van der Waals surface area (Å²) in [5.74, 6) is 0.863. The van der Waals surface area contributed by atoms with Crippen LogP contribution in [-0.2, 0) is 0 Å². The van der Waals surface area contributed by atoms with Crippen LogP contribution in [0.15, 0.2) is 41.2 Å². The number of nitrogens with zero attached hydrogens (tertiary/aromatic N) is 3. The normalized spacial score (nSPS) is 10.7. The molecule has 1 aromatic carbocycles. The summed E-state index contributed by atoms with van der Waals surface area (Å²) in [5, 5.41) is 4.50. The van der Waals surface area contributed by atoms with Crippen LogP contribution in [0.5, 0.6) is 0 Å². The second-order valence-corrected chi connectivity index (χ2v) is 4.82. The Labute approximate surface area is 120 Å². The molecule has 3 aromatic rings. The van der Waals surface area contributed by atoms with Crippen LogP contribution in [0.2, 0.25) is 5.02 Å². The molecule has 2 aromatic heterocycles. The van der Waals surface area contributed by atoms with Crippen molar-refractivity contribution in [2.45, 2.75) is 6.92 Å². The zero-order valence-electron chi connectivity index (χ0n) is 10.7. The lowest BCUT2D eigenvalue weighted by molar-refractivity contribution is 0.432. The highest BCUT2D eigenvalue weighted by atomic mass is 35.5. The molecule has 0 unspecified atom stereocenters. The van der Waals surface area contributed by atoms with Gasteiger partial charge in [-0.05, 0) is 36.8 Å². The van der Waals surface area contributed by atoms with Crippen LogP contribution in [0.3, 0.4) is 0 Å². The third-order valence-electron chi connectivity index (χ3n) is 2.87. The summed E-state index contributed by atoms with van der Waals surface area (Å²) in [4.78, 5) is 8.43. The van der Waals surface area contributed by atoms with Gasteiger partial charge in [0.2, 0.25) is 5.82 Å². The Morgan fingerprint density at radius 3 is 2.85 bits per heavy atom. The van der Waals surface area contributed by atoms with Gasteiger partial charge >= 0.3 is 0 Å². The van der Waals surface area contributed by atoms with Gasteiger partial charge < -0.3 is 10.3 Å². The zero-order chi connectivity index (χ0) is 14.1. The largest absolute Gasteiger partial charge is 0.399 e. The minimum atomic E-state index is 0.373. The maximum atomic E-state index is 5.97. The smallest absolute Gasteiger partial charge is 0.258 e. The number of hydrogen-bond acceptors (Lipinski definition) is 5. The van der Waals surface area contributed by atoms with Gasteiger partial charge in [-0.25, -0.2) is 0 Å². The molecule has 5 nitrogen and oxygen atoms in total. The van der Waals surface area contributed by atoms with E-state index in [1.165, 1.54) is 0 Å². The van der Waals surface area contributed by atoms with Crippen LogP contribution >= 0.6 is 11.6 Å². The molecule has 0 saturated carbocycles. The summed E-state index contributed by atoms with van der Waals surface area (Å²) < 4.78 is 5.27. The summed E-state index contributed by atoms with van der Waals surface area (Å²) in [6.07, 6.45) is 3.42. The molecule has 6 heteroatoms. The quantitative estimate of drug-likeness (QED) is 0.731. The standard InChI is InChI=1S/C14H11ClN4O/c1-8-2-3-17-7-12(8)13-18-14(20-19-13)9-4-10(15)6-11(16)5-9/h2-7H,16H2,1H3. The van der Waals surface area contributed by atoms with E-state index in [0.717, 1.165) is 11.1 Å². The molecule has 2 heterocycles. The molecule has 0 aliphatic heterocycles. The lowest BCUT2D eigenvalue weighted by Crippen LogP contribution is -1.88. The number of hydrogen-bond donors (Lipinski definition) is 1. The van der Waals surface area contributed by atoms with Gasteiger partial charge in [0.15, 0.2) is 0 Å². The lowest BCUT2D eigenvalue weighted by atomic mass is 10.1. The first kappa shape index (κ1) is 12.6. The Hall–Kier alpha value is -2.40. The van der Waals surface area contributed by atoms with Gasteiger partial charge in [-0.15, -0.1) is 0 Å². The molecule has 2 N–H and O–H groups in total.